The lowest BCUT2D eigenvalue weighted by Crippen LogP contribution is -2.56. The Hall–Kier alpha value is -1.14. The van der Waals surface area contributed by atoms with Crippen LogP contribution in [0.5, 0.6) is 5.75 Å². The molecule has 0 aromatic heterocycles. The maximum Gasteiger partial charge on any atom is 0.180 e. The van der Waals surface area contributed by atoms with Crippen molar-refractivity contribution >= 4 is 0 Å². The molecule has 5 heteroatoms. The van der Waals surface area contributed by atoms with Gasteiger partial charge in [-0.05, 0) is 87.0 Å². The molecule has 0 spiro atoms. The van der Waals surface area contributed by atoms with E-state index in [2.05, 4.69) is 25.1 Å². The second kappa shape index (κ2) is 8.42. The van der Waals surface area contributed by atoms with E-state index in [1.54, 1.807) is 21.3 Å². The molecule has 2 unspecified atom stereocenters. The molecule has 168 valence electrons. The van der Waals surface area contributed by atoms with E-state index in [-0.39, 0.29) is 18.0 Å². The summed E-state index contributed by atoms with van der Waals surface area (Å²) < 4.78 is 29.5. The zero-order valence-corrected chi connectivity index (χ0v) is 19.4. The van der Waals surface area contributed by atoms with Crippen LogP contribution in [0.15, 0.2) is 18.2 Å². The van der Waals surface area contributed by atoms with Crippen LogP contribution in [0, 0.1) is 17.3 Å². The standard InChI is InChI=1S/C25H38O5/c1-16(26-4)29-25(30-17(2)27-5)14-12-23-22-9-7-18-15-19(28-6)8-10-20(18)21(22)11-13-24(23,25)3/h8,10,15-17,21-23H,7,9,11-14H2,1-6H3/t16?,17?,21-,22-,23+,24+,25?/m1/s1. The lowest BCUT2D eigenvalue weighted by molar-refractivity contribution is -0.378. The van der Waals surface area contributed by atoms with Gasteiger partial charge in [0.05, 0.1) is 7.11 Å². The van der Waals surface area contributed by atoms with Gasteiger partial charge in [-0.1, -0.05) is 13.0 Å². The number of hydrogen-bond donors (Lipinski definition) is 0. The van der Waals surface area contributed by atoms with Gasteiger partial charge in [-0.2, -0.15) is 0 Å². The quantitative estimate of drug-likeness (QED) is 0.565. The second-order valence-corrected chi connectivity index (χ2v) is 9.57. The molecule has 6 atom stereocenters. The number of hydrogen-bond acceptors (Lipinski definition) is 5. The Morgan fingerprint density at radius 1 is 0.933 bits per heavy atom. The fraction of sp³-hybridized carbons (Fsp3) is 0.760. The Labute approximate surface area is 181 Å². The van der Waals surface area contributed by atoms with Crippen molar-refractivity contribution in [1.29, 1.82) is 0 Å². The molecule has 1 aromatic carbocycles. The summed E-state index contributed by atoms with van der Waals surface area (Å²) in [6, 6.07) is 6.68. The van der Waals surface area contributed by atoms with Crippen LogP contribution >= 0.6 is 0 Å². The van der Waals surface area contributed by atoms with Crippen LogP contribution in [0.1, 0.15) is 69.9 Å². The molecule has 30 heavy (non-hydrogen) atoms. The largest absolute Gasteiger partial charge is 0.497 e. The third-order valence-corrected chi connectivity index (χ3v) is 8.35. The summed E-state index contributed by atoms with van der Waals surface area (Å²) in [5, 5.41) is 0. The van der Waals surface area contributed by atoms with Crippen molar-refractivity contribution < 1.29 is 23.7 Å². The highest BCUT2D eigenvalue weighted by molar-refractivity contribution is 5.40. The number of methoxy groups -OCH3 is 3. The molecule has 0 saturated heterocycles. The predicted octanol–water partition coefficient (Wildman–Crippen LogP) is 5.27. The zero-order valence-electron chi connectivity index (χ0n) is 19.4. The van der Waals surface area contributed by atoms with E-state index in [9.17, 15) is 0 Å². The van der Waals surface area contributed by atoms with E-state index >= 15 is 0 Å². The molecule has 3 aliphatic carbocycles. The molecule has 0 amide bonds. The predicted molar refractivity (Wildman–Crippen MR) is 115 cm³/mol. The second-order valence-electron chi connectivity index (χ2n) is 9.57. The lowest BCUT2D eigenvalue weighted by Gasteiger charge is -2.54. The molecular weight excluding hydrogens is 380 g/mol. The SMILES string of the molecule is COc1ccc2c(c1)CC[C@@H]1[C@@H]2CC[C@@]2(C)[C@H]1CCC2(OC(C)OC)OC(C)OC. The molecule has 5 nitrogen and oxygen atoms in total. The monoisotopic (exact) mass is 418 g/mol. The molecule has 2 saturated carbocycles. The van der Waals surface area contributed by atoms with E-state index in [4.69, 9.17) is 23.7 Å². The first kappa shape index (κ1) is 22.1. The first-order chi connectivity index (χ1) is 14.4. The molecule has 1 aromatic rings. The highest BCUT2D eigenvalue weighted by Gasteiger charge is 2.64. The third kappa shape index (κ3) is 3.48. The van der Waals surface area contributed by atoms with Crippen molar-refractivity contribution in [2.24, 2.45) is 17.3 Å². The molecule has 0 bridgehead atoms. The fourth-order valence-electron chi connectivity index (χ4n) is 6.69. The summed E-state index contributed by atoms with van der Waals surface area (Å²) in [5.74, 6) is 2.15. The number of ether oxygens (including phenoxy) is 5. The molecule has 0 radical (unpaired) electrons. The first-order valence-corrected chi connectivity index (χ1v) is 11.5. The molecule has 3 aliphatic rings. The minimum atomic E-state index is -0.673. The normalized spacial score (nSPS) is 37.1. The summed E-state index contributed by atoms with van der Waals surface area (Å²) in [6.07, 6.45) is 5.96. The Morgan fingerprint density at radius 2 is 1.63 bits per heavy atom. The van der Waals surface area contributed by atoms with Gasteiger partial charge in [0.15, 0.2) is 18.4 Å². The van der Waals surface area contributed by atoms with Crippen LogP contribution in [0.4, 0.5) is 0 Å². The van der Waals surface area contributed by atoms with Crippen LogP contribution in [0.25, 0.3) is 0 Å². The summed E-state index contributed by atoms with van der Waals surface area (Å²) in [5.41, 5.74) is 2.94. The number of fused-ring (bicyclic) bond motifs is 5. The summed E-state index contributed by atoms with van der Waals surface area (Å²) in [4.78, 5) is 0. The van der Waals surface area contributed by atoms with Gasteiger partial charge in [0.2, 0.25) is 0 Å². The summed E-state index contributed by atoms with van der Waals surface area (Å²) in [6.45, 7) is 6.29. The van der Waals surface area contributed by atoms with Gasteiger partial charge in [-0.15, -0.1) is 0 Å². The van der Waals surface area contributed by atoms with Crippen LogP contribution in [0.2, 0.25) is 0 Å². The minimum Gasteiger partial charge on any atom is -0.497 e. The topological polar surface area (TPSA) is 46.2 Å². The zero-order chi connectivity index (χ0) is 21.5. The maximum absolute atomic E-state index is 6.53. The molecular formula is C25H38O5. The van der Waals surface area contributed by atoms with Gasteiger partial charge in [0, 0.05) is 26.1 Å². The number of aryl methyl sites for hydroxylation is 1. The highest BCUT2D eigenvalue weighted by Crippen LogP contribution is 2.66. The van der Waals surface area contributed by atoms with Gasteiger partial charge < -0.3 is 23.7 Å². The van der Waals surface area contributed by atoms with Crippen molar-refractivity contribution in [1.82, 2.24) is 0 Å². The summed E-state index contributed by atoms with van der Waals surface area (Å²) in [7, 11) is 5.13. The van der Waals surface area contributed by atoms with Crippen LogP contribution < -0.4 is 4.74 Å². The van der Waals surface area contributed by atoms with Crippen molar-refractivity contribution in [2.45, 2.75) is 83.6 Å². The van der Waals surface area contributed by atoms with Crippen LogP contribution in [-0.2, 0) is 25.4 Å². The smallest absolute Gasteiger partial charge is 0.180 e. The Bertz CT molecular complexity index is 737. The highest BCUT2D eigenvalue weighted by atomic mass is 16.8. The average molecular weight is 419 g/mol. The maximum atomic E-state index is 6.53. The van der Waals surface area contributed by atoms with E-state index in [0.29, 0.717) is 17.8 Å². The van der Waals surface area contributed by atoms with Gasteiger partial charge in [0.1, 0.15) is 5.75 Å². The van der Waals surface area contributed by atoms with E-state index in [1.165, 1.54) is 17.5 Å². The van der Waals surface area contributed by atoms with Crippen molar-refractivity contribution in [3.05, 3.63) is 29.3 Å². The van der Waals surface area contributed by atoms with E-state index < -0.39 is 5.79 Å². The Kier molecular flexibility index (Phi) is 6.19. The average Bonchev–Trinajstić information content (AvgIpc) is 3.04. The molecule has 4 rings (SSSR count). The molecule has 0 N–H and O–H groups in total. The van der Waals surface area contributed by atoms with Gasteiger partial charge in [-0.25, -0.2) is 0 Å². The van der Waals surface area contributed by atoms with Crippen LogP contribution in [-0.4, -0.2) is 39.7 Å². The molecule has 0 aliphatic heterocycles. The Morgan fingerprint density at radius 3 is 2.27 bits per heavy atom. The minimum absolute atomic E-state index is 0.0578. The number of benzene rings is 1. The van der Waals surface area contributed by atoms with E-state index in [1.807, 2.05) is 13.8 Å². The lowest BCUT2D eigenvalue weighted by atomic mass is 9.55. The first-order valence-electron chi connectivity index (χ1n) is 11.5. The van der Waals surface area contributed by atoms with E-state index in [0.717, 1.165) is 37.9 Å². The molecule has 2 fully saturated rings. The number of rotatable bonds is 7. The Balaban J connectivity index is 1.65. The van der Waals surface area contributed by atoms with Crippen LogP contribution in [0.3, 0.4) is 0 Å². The van der Waals surface area contributed by atoms with Crippen molar-refractivity contribution in [2.75, 3.05) is 21.3 Å². The van der Waals surface area contributed by atoms with Gasteiger partial charge in [-0.3, -0.25) is 0 Å². The summed E-state index contributed by atoms with van der Waals surface area (Å²) >= 11 is 0. The van der Waals surface area contributed by atoms with Crippen molar-refractivity contribution in [3.63, 3.8) is 0 Å². The fourth-order valence-corrected chi connectivity index (χ4v) is 6.69. The molecule has 0 heterocycles. The van der Waals surface area contributed by atoms with Gasteiger partial charge in [0.25, 0.3) is 0 Å². The van der Waals surface area contributed by atoms with Crippen molar-refractivity contribution in [3.8, 4) is 5.75 Å². The van der Waals surface area contributed by atoms with Gasteiger partial charge >= 0.3 is 0 Å². The third-order valence-electron chi connectivity index (χ3n) is 8.35.